The molecule has 1 aromatic rings. The van der Waals surface area contributed by atoms with Gasteiger partial charge in [-0.15, -0.1) is 0 Å². The Balaban J connectivity index is 1.57. The van der Waals surface area contributed by atoms with E-state index in [-0.39, 0.29) is 0 Å². The standard InChI is InChI=1S/C17H25N3S/c1-2-14-7-6-10-18-15(14)11-19-16-20-12-17(13-21-16)8-4-3-5-9-17/h6-7,10H,2-5,8-9,11-13H2,1H3,(H,19,20). The summed E-state index contributed by atoms with van der Waals surface area (Å²) in [6.07, 6.45) is 9.87. The summed E-state index contributed by atoms with van der Waals surface area (Å²) in [6, 6.07) is 4.18. The molecular formula is C17H25N3S. The van der Waals surface area contributed by atoms with Gasteiger partial charge in [-0.2, -0.15) is 0 Å². The number of hydrogen-bond donors (Lipinski definition) is 1. The van der Waals surface area contributed by atoms with Crippen molar-refractivity contribution in [1.29, 1.82) is 0 Å². The van der Waals surface area contributed by atoms with E-state index in [0.717, 1.165) is 30.4 Å². The van der Waals surface area contributed by atoms with Crippen molar-refractivity contribution in [3.05, 3.63) is 29.6 Å². The molecule has 1 spiro atoms. The van der Waals surface area contributed by atoms with Crippen molar-refractivity contribution in [1.82, 2.24) is 10.3 Å². The molecule has 0 amide bonds. The minimum Gasteiger partial charge on any atom is -0.359 e. The molecule has 3 nitrogen and oxygen atoms in total. The van der Waals surface area contributed by atoms with Gasteiger partial charge in [-0.1, -0.05) is 44.0 Å². The zero-order chi connectivity index (χ0) is 14.5. The molecule has 2 heterocycles. The number of amidine groups is 1. The van der Waals surface area contributed by atoms with E-state index in [1.165, 1.54) is 43.4 Å². The van der Waals surface area contributed by atoms with Crippen LogP contribution in [0.1, 0.15) is 50.3 Å². The highest BCUT2D eigenvalue weighted by atomic mass is 32.2. The second-order valence-corrected chi connectivity index (χ2v) is 7.25. The first kappa shape index (κ1) is 14.9. The average Bonchev–Trinajstić information content (AvgIpc) is 2.55. The van der Waals surface area contributed by atoms with Crippen molar-refractivity contribution in [3.8, 4) is 0 Å². The molecule has 0 unspecified atom stereocenters. The molecule has 4 heteroatoms. The second-order valence-electron chi connectivity index (χ2n) is 6.29. The molecule has 0 atom stereocenters. The first-order valence-corrected chi connectivity index (χ1v) is 9.14. The van der Waals surface area contributed by atoms with Gasteiger partial charge in [0.15, 0.2) is 5.17 Å². The van der Waals surface area contributed by atoms with Gasteiger partial charge in [-0.05, 0) is 36.3 Å². The zero-order valence-electron chi connectivity index (χ0n) is 12.9. The van der Waals surface area contributed by atoms with Crippen LogP contribution in [0.4, 0.5) is 0 Å². The van der Waals surface area contributed by atoms with Gasteiger partial charge in [-0.3, -0.25) is 9.98 Å². The van der Waals surface area contributed by atoms with E-state index in [9.17, 15) is 0 Å². The van der Waals surface area contributed by atoms with E-state index >= 15 is 0 Å². The molecule has 0 radical (unpaired) electrons. The Hall–Kier alpha value is -1.03. The highest BCUT2D eigenvalue weighted by molar-refractivity contribution is 8.13. The fraction of sp³-hybridized carbons (Fsp3) is 0.647. The highest BCUT2D eigenvalue weighted by Crippen LogP contribution is 2.41. The van der Waals surface area contributed by atoms with Crippen LogP contribution in [0, 0.1) is 5.41 Å². The molecule has 1 aliphatic carbocycles. The van der Waals surface area contributed by atoms with Crippen LogP contribution < -0.4 is 5.32 Å². The molecule has 0 bridgehead atoms. The first-order valence-electron chi connectivity index (χ1n) is 8.15. The van der Waals surface area contributed by atoms with Gasteiger partial charge in [0, 0.05) is 18.5 Å². The van der Waals surface area contributed by atoms with Crippen LogP contribution in [-0.4, -0.2) is 22.4 Å². The summed E-state index contributed by atoms with van der Waals surface area (Å²) in [5, 5.41) is 4.60. The lowest BCUT2D eigenvalue weighted by atomic mass is 9.75. The number of aryl methyl sites for hydroxylation is 1. The Morgan fingerprint density at radius 3 is 2.86 bits per heavy atom. The zero-order valence-corrected chi connectivity index (χ0v) is 13.7. The lowest BCUT2D eigenvalue weighted by molar-refractivity contribution is 0.232. The van der Waals surface area contributed by atoms with Crippen LogP contribution in [0.2, 0.25) is 0 Å². The van der Waals surface area contributed by atoms with Crippen LogP contribution in [0.5, 0.6) is 0 Å². The maximum absolute atomic E-state index is 4.82. The Kier molecular flexibility index (Phi) is 4.84. The minimum absolute atomic E-state index is 0.508. The molecule has 21 heavy (non-hydrogen) atoms. The number of rotatable bonds is 3. The van der Waals surface area contributed by atoms with Gasteiger partial charge in [0.25, 0.3) is 0 Å². The second kappa shape index (κ2) is 6.82. The third kappa shape index (κ3) is 3.60. The fourth-order valence-electron chi connectivity index (χ4n) is 3.38. The predicted octanol–water partition coefficient (Wildman–Crippen LogP) is 3.79. The molecule has 1 N–H and O–H groups in total. The van der Waals surface area contributed by atoms with Crippen LogP contribution in [0.25, 0.3) is 0 Å². The summed E-state index contributed by atoms with van der Waals surface area (Å²) < 4.78 is 0. The van der Waals surface area contributed by atoms with Gasteiger partial charge < -0.3 is 5.32 Å². The fourth-order valence-corrected chi connectivity index (χ4v) is 4.53. The number of thioether (sulfide) groups is 1. The molecule has 1 saturated carbocycles. The van der Waals surface area contributed by atoms with Crippen LogP contribution in [0.3, 0.4) is 0 Å². The van der Waals surface area contributed by atoms with Gasteiger partial charge in [-0.25, -0.2) is 0 Å². The molecule has 0 saturated heterocycles. The van der Waals surface area contributed by atoms with Crippen molar-refractivity contribution in [2.45, 2.75) is 52.0 Å². The molecule has 2 aliphatic rings. The lowest BCUT2D eigenvalue weighted by Gasteiger charge is -2.38. The Bertz CT molecular complexity index is 507. The van der Waals surface area contributed by atoms with Crippen molar-refractivity contribution < 1.29 is 0 Å². The highest BCUT2D eigenvalue weighted by Gasteiger charge is 2.34. The molecule has 1 aliphatic heterocycles. The van der Waals surface area contributed by atoms with Gasteiger partial charge in [0.2, 0.25) is 0 Å². The predicted molar refractivity (Wildman–Crippen MR) is 90.7 cm³/mol. The molecule has 3 rings (SSSR count). The van der Waals surface area contributed by atoms with Crippen LogP contribution >= 0.6 is 11.8 Å². The van der Waals surface area contributed by atoms with E-state index in [4.69, 9.17) is 4.99 Å². The third-order valence-corrected chi connectivity index (χ3v) is 6.06. The van der Waals surface area contributed by atoms with Crippen molar-refractivity contribution in [3.63, 3.8) is 0 Å². The Morgan fingerprint density at radius 2 is 2.14 bits per heavy atom. The smallest absolute Gasteiger partial charge is 0.156 e. The molecule has 114 valence electrons. The van der Waals surface area contributed by atoms with Crippen LogP contribution in [0.15, 0.2) is 23.3 Å². The monoisotopic (exact) mass is 303 g/mol. The van der Waals surface area contributed by atoms with Gasteiger partial charge in [0.1, 0.15) is 0 Å². The lowest BCUT2D eigenvalue weighted by Crippen LogP contribution is -2.36. The van der Waals surface area contributed by atoms with E-state index in [2.05, 4.69) is 23.3 Å². The normalized spacial score (nSPS) is 21.1. The summed E-state index contributed by atoms with van der Waals surface area (Å²) >= 11 is 1.91. The van der Waals surface area contributed by atoms with Crippen molar-refractivity contribution in [2.75, 3.05) is 12.3 Å². The molecule has 1 aromatic heterocycles. The average molecular weight is 303 g/mol. The maximum atomic E-state index is 4.82. The molecule has 0 aromatic carbocycles. The number of aromatic nitrogens is 1. The summed E-state index contributed by atoms with van der Waals surface area (Å²) in [5.41, 5.74) is 2.99. The van der Waals surface area contributed by atoms with E-state index < -0.39 is 0 Å². The van der Waals surface area contributed by atoms with Crippen LogP contribution in [-0.2, 0) is 13.0 Å². The number of nitrogens with zero attached hydrogens (tertiary/aromatic N) is 2. The molecule has 1 fully saturated rings. The van der Waals surface area contributed by atoms with Crippen molar-refractivity contribution >= 4 is 16.9 Å². The van der Waals surface area contributed by atoms with Gasteiger partial charge >= 0.3 is 0 Å². The number of hydrogen-bond acceptors (Lipinski definition) is 4. The Morgan fingerprint density at radius 1 is 1.29 bits per heavy atom. The summed E-state index contributed by atoms with van der Waals surface area (Å²) in [7, 11) is 0. The quantitative estimate of drug-likeness (QED) is 0.923. The third-order valence-electron chi connectivity index (χ3n) is 4.76. The number of aliphatic imine (C=N–C) groups is 1. The number of pyridine rings is 1. The van der Waals surface area contributed by atoms with E-state index in [1.807, 2.05) is 24.0 Å². The number of nitrogens with one attached hydrogen (secondary N) is 1. The topological polar surface area (TPSA) is 37.3 Å². The largest absolute Gasteiger partial charge is 0.359 e. The minimum atomic E-state index is 0.508. The first-order chi connectivity index (χ1) is 10.3. The SMILES string of the molecule is CCc1cccnc1CNC1=NCC2(CCCCC2)CS1. The van der Waals surface area contributed by atoms with E-state index in [0.29, 0.717) is 5.41 Å². The molecular weight excluding hydrogens is 278 g/mol. The summed E-state index contributed by atoms with van der Waals surface area (Å²) in [5.74, 6) is 1.24. The summed E-state index contributed by atoms with van der Waals surface area (Å²) in [4.78, 5) is 9.31. The van der Waals surface area contributed by atoms with Gasteiger partial charge in [0.05, 0.1) is 12.2 Å². The van der Waals surface area contributed by atoms with E-state index in [1.54, 1.807) is 0 Å². The Labute approximate surface area is 132 Å². The summed E-state index contributed by atoms with van der Waals surface area (Å²) in [6.45, 7) is 3.99. The maximum Gasteiger partial charge on any atom is 0.156 e. The van der Waals surface area contributed by atoms with Crippen molar-refractivity contribution in [2.24, 2.45) is 10.4 Å².